The van der Waals surface area contributed by atoms with E-state index in [4.69, 9.17) is 0 Å². The minimum atomic E-state index is -0.0632. The number of rotatable bonds is 3. The first-order valence-electron chi connectivity index (χ1n) is 8.71. The fourth-order valence-corrected chi connectivity index (χ4v) is 4.06. The summed E-state index contributed by atoms with van der Waals surface area (Å²) >= 11 is 0. The van der Waals surface area contributed by atoms with Crippen molar-refractivity contribution >= 4 is 5.91 Å². The van der Waals surface area contributed by atoms with Crippen LogP contribution in [0.15, 0.2) is 0 Å². The predicted molar refractivity (Wildman–Crippen MR) is 83.3 cm³/mol. The molecule has 0 radical (unpaired) electrons. The van der Waals surface area contributed by atoms with Crippen LogP contribution in [0, 0.1) is 11.3 Å². The van der Waals surface area contributed by atoms with E-state index in [1.807, 2.05) is 0 Å². The lowest BCUT2D eigenvalue weighted by molar-refractivity contribution is -0.139. The molecule has 120 valence electrons. The Kier molecular flexibility index (Phi) is 3.10. The number of nitrogens with zero attached hydrogens (tertiary/aromatic N) is 4. The van der Waals surface area contributed by atoms with Crippen molar-refractivity contribution in [1.82, 2.24) is 19.7 Å². The van der Waals surface area contributed by atoms with E-state index in [9.17, 15) is 4.79 Å². The first-order valence-corrected chi connectivity index (χ1v) is 8.71. The third-order valence-corrected chi connectivity index (χ3v) is 5.68. The van der Waals surface area contributed by atoms with Crippen LogP contribution in [0.3, 0.4) is 0 Å². The third-order valence-electron chi connectivity index (χ3n) is 5.68. The fraction of sp³-hybridized carbons (Fsp3) is 0.824. The minimum Gasteiger partial charge on any atom is -0.334 e. The first kappa shape index (κ1) is 14.2. The van der Waals surface area contributed by atoms with Gasteiger partial charge in [-0.15, -0.1) is 10.2 Å². The summed E-state index contributed by atoms with van der Waals surface area (Å²) in [6.07, 6.45) is 6.22. The Morgan fingerprint density at radius 2 is 2.00 bits per heavy atom. The molecule has 5 heteroatoms. The molecular formula is C17H26N4O. The van der Waals surface area contributed by atoms with Gasteiger partial charge in [0.25, 0.3) is 0 Å². The smallest absolute Gasteiger partial charge is 0.229 e. The van der Waals surface area contributed by atoms with Crippen molar-refractivity contribution in [2.45, 2.75) is 77.9 Å². The van der Waals surface area contributed by atoms with Gasteiger partial charge in [0.15, 0.2) is 0 Å². The molecule has 1 saturated heterocycles. The molecule has 1 aromatic heterocycles. The third kappa shape index (κ3) is 2.17. The van der Waals surface area contributed by atoms with E-state index in [1.54, 1.807) is 0 Å². The molecule has 2 atom stereocenters. The normalized spacial score (nSPS) is 28.6. The van der Waals surface area contributed by atoms with Crippen LogP contribution in [0.2, 0.25) is 0 Å². The molecule has 4 rings (SSSR count). The highest BCUT2D eigenvalue weighted by atomic mass is 16.2. The van der Waals surface area contributed by atoms with E-state index in [-0.39, 0.29) is 5.41 Å². The largest absolute Gasteiger partial charge is 0.334 e. The predicted octanol–water partition coefficient (Wildman–Crippen LogP) is 2.19. The van der Waals surface area contributed by atoms with Gasteiger partial charge in [-0.1, -0.05) is 20.8 Å². The number of carbonyl (C=O) groups is 1. The van der Waals surface area contributed by atoms with Crippen molar-refractivity contribution in [3.8, 4) is 0 Å². The molecule has 2 aliphatic heterocycles. The second kappa shape index (κ2) is 4.80. The van der Waals surface area contributed by atoms with Crippen LogP contribution in [-0.4, -0.2) is 37.7 Å². The molecule has 0 spiro atoms. The molecule has 1 saturated carbocycles. The van der Waals surface area contributed by atoms with Gasteiger partial charge in [0, 0.05) is 30.8 Å². The Morgan fingerprint density at radius 3 is 2.68 bits per heavy atom. The van der Waals surface area contributed by atoms with E-state index < -0.39 is 0 Å². The standard InChI is InChI=1S/C17H26N4O/c1-11(2)8-14-18-19-15-9-12-4-5-13(10-20(14)15)21(12)16(22)17(3)6-7-17/h11-13H,4-10H2,1-3H3/t12-,13+/m0/s1. The molecule has 1 amide bonds. The molecule has 5 nitrogen and oxygen atoms in total. The summed E-state index contributed by atoms with van der Waals surface area (Å²) in [7, 11) is 0. The number of fused-ring (bicyclic) bond motifs is 3. The second-order valence-corrected chi connectivity index (χ2v) is 8.10. The van der Waals surface area contributed by atoms with Crippen LogP contribution in [0.4, 0.5) is 0 Å². The van der Waals surface area contributed by atoms with Crippen LogP contribution in [-0.2, 0) is 24.2 Å². The van der Waals surface area contributed by atoms with Gasteiger partial charge in [-0.25, -0.2) is 0 Å². The Hall–Kier alpha value is -1.39. The summed E-state index contributed by atoms with van der Waals surface area (Å²) in [5.74, 6) is 3.16. The molecule has 0 aromatic carbocycles. The highest BCUT2D eigenvalue weighted by Crippen LogP contribution is 2.49. The zero-order valence-corrected chi connectivity index (χ0v) is 13.9. The number of hydrogen-bond donors (Lipinski definition) is 0. The molecule has 3 aliphatic rings. The average Bonchev–Trinajstić information content (AvgIpc) is 2.99. The summed E-state index contributed by atoms with van der Waals surface area (Å²) in [5, 5.41) is 8.85. The van der Waals surface area contributed by atoms with Crippen molar-refractivity contribution in [2.24, 2.45) is 11.3 Å². The monoisotopic (exact) mass is 302 g/mol. The molecule has 1 aliphatic carbocycles. The lowest BCUT2D eigenvalue weighted by Crippen LogP contribution is -2.45. The summed E-state index contributed by atoms with van der Waals surface area (Å²) in [4.78, 5) is 15.1. The number of amides is 1. The Morgan fingerprint density at radius 1 is 1.27 bits per heavy atom. The van der Waals surface area contributed by atoms with E-state index in [0.29, 0.717) is 23.9 Å². The lowest BCUT2D eigenvalue weighted by Gasteiger charge is -2.30. The Labute approximate surface area is 132 Å². The van der Waals surface area contributed by atoms with Crippen LogP contribution in [0.5, 0.6) is 0 Å². The molecular weight excluding hydrogens is 276 g/mol. The van der Waals surface area contributed by atoms with Crippen molar-refractivity contribution in [1.29, 1.82) is 0 Å². The zero-order chi connectivity index (χ0) is 15.5. The van der Waals surface area contributed by atoms with Crippen molar-refractivity contribution in [3.05, 3.63) is 11.6 Å². The summed E-state index contributed by atoms with van der Waals surface area (Å²) < 4.78 is 2.30. The first-order chi connectivity index (χ1) is 10.5. The van der Waals surface area contributed by atoms with Gasteiger partial charge in [-0.05, 0) is 31.6 Å². The van der Waals surface area contributed by atoms with Gasteiger partial charge in [0.1, 0.15) is 11.6 Å². The van der Waals surface area contributed by atoms with Crippen LogP contribution in [0.25, 0.3) is 0 Å². The average molecular weight is 302 g/mol. The van der Waals surface area contributed by atoms with E-state index >= 15 is 0 Å². The number of hydrogen-bond acceptors (Lipinski definition) is 3. The Balaban J connectivity index is 1.62. The summed E-state index contributed by atoms with van der Waals surface area (Å²) in [6, 6.07) is 0.686. The van der Waals surface area contributed by atoms with Crippen molar-refractivity contribution in [2.75, 3.05) is 0 Å². The van der Waals surface area contributed by atoms with E-state index in [1.165, 1.54) is 0 Å². The van der Waals surface area contributed by atoms with Crippen molar-refractivity contribution in [3.63, 3.8) is 0 Å². The van der Waals surface area contributed by atoms with Gasteiger partial charge in [0.05, 0.1) is 6.04 Å². The molecule has 2 fully saturated rings. The maximum atomic E-state index is 12.9. The quantitative estimate of drug-likeness (QED) is 0.860. The number of carbonyl (C=O) groups excluding carboxylic acids is 1. The van der Waals surface area contributed by atoms with Crippen LogP contribution >= 0.6 is 0 Å². The van der Waals surface area contributed by atoms with Gasteiger partial charge >= 0.3 is 0 Å². The van der Waals surface area contributed by atoms with Crippen molar-refractivity contribution < 1.29 is 4.79 Å². The van der Waals surface area contributed by atoms with Gasteiger partial charge in [-0.3, -0.25) is 4.79 Å². The van der Waals surface area contributed by atoms with Gasteiger partial charge in [-0.2, -0.15) is 0 Å². The SMILES string of the molecule is CC(C)Cc1nnc2n1C[C@H]1CC[C@@H](C2)N1C(=O)C1(C)CC1. The topological polar surface area (TPSA) is 51.0 Å². The highest BCUT2D eigenvalue weighted by molar-refractivity contribution is 5.85. The maximum absolute atomic E-state index is 12.9. The summed E-state index contributed by atoms with van der Waals surface area (Å²) in [5.41, 5.74) is -0.0632. The molecule has 3 heterocycles. The summed E-state index contributed by atoms with van der Waals surface area (Å²) in [6.45, 7) is 7.45. The Bertz CT molecular complexity index is 602. The van der Waals surface area contributed by atoms with Crippen LogP contribution < -0.4 is 0 Å². The van der Waals surface area contributed by atoms with E-state index in [0.717, 1.165) is 56.7 Å². The molecule has 1 aromatic rings. The minimum absolute atomic E-state index is 0.0632. The molecule has 2 bridgehead atoms. The van der Waals surface area contributed by atoms with Gasteiger partial charge < -0.3 is 9.47 Å². The second-order valence-electron chi connectivity index (χ2n) is 8.10. The molecule has 0 N–H and O–H groups in total. The lowest BCUT2D eigenvalue weighted by atomic mass is 10.1. The van der Waals surface area contributed by atoms with Gasteiger partial charge in [0.2, 0.25) is 5.91 Å². The van der Waals surface area contributed by atoms with E-state index in [2.05, 4.69) is 40.4 Å². The molecule has 0 unspecified atom stereocenters. The highest BCUT2D eigenvalue weighted by Gasteiger charge is 2.52. The maximum Gasteiger partial charge on any atom is 0.229 e. The number of aromatic nitrogens is 3. The molecule has 22 heavy (non-hydrogen) atoms. The fourth-order valence-electron chi connectivity index (χ4n) is 4.06. The van der Waals surface area contributed by atoms with Crippen LogP contribution in [0.1, 0.15) is 58.1 Å². The zero-order valence-electron chi connectivity index (χ0n) is 13.9.